The van der Waals surface area contributed by atoms with E-state index >= 15 is 0 Å². The Morgan fingerprint density at radius 1 is 0.388 bits per heavy atom. The number of benzene rings is 3. The van der Waals surface area contributed by atoms with E-state index in [-0.39, 0.29) is 29.0 Å². The molecule has 0 bridgehead atoms. The van der Waals surface area contributed by atoms with Gasteiger partial charge < -0.3 is 28.4 Å². The molecule has 0 radical (unpaired) electrons. The molecule has 3 rings (SSSR count). The molecule has 0 spiro atoms. The number of hydrogen-bond donors (Lipinski definition) is 0. The monoisotopic (exact) mass is 929 g/mol. The number of unbranched alkanes of at least 4 members (excludes halogenated alkanes) is 24. The largest absolute Gasteiger partial charge is 0.494 e. The van der Waals surface area contributed by atoms with E-state index in [1.165, 1.54) is 140 Å². The molecule has 0 saturated heterocycles. The molecule has 67 heavy (non-hydrogen) atoms. The van der Waals surface area contributed by atoms with Gasteiger partial charge in [-0.25, -0.2) is 23.6 Å². The Labute approximate surface area is 400 Å². The number of esters is 4. The van der Waals surface area contributed by atoms with E-state index in [4.69, 9.17) is 28.4 Å². The highest BCUT2D eigenvalue weighted by atomic mass is 19.1. The standard InChI is InChI=1S/C56H77FO10/c1-3-53(58)64-43-29-25-21-17-13-9-5-7-11-15-19-23-27-41-62-48-35-31-46(32-36-48)55(60)66-50-39-40-52(51(57)45-50)67-56(61)47-33-37-49(38-34-47)63-42-28-24-20-16-12-8-6-10-14-18-22-26-30-44-65-54(59)4-2/h3-4,31-40,45H,1-2,5-30,41-44H2. The van der Waals surface area contributed by atoms with Gasteiger partial charge in [-0.05, 0) is 86.3 Å². The molecule has 0 atom stereocenters. The fourth-order valence-corrected chi connectivity index (χ4v) is 7.47. The summed E-state index contributed by atoms with van der Waals surface area (Å²) in [6.07, 6.45) is 33.0. The zero-order valence-corrected chi connectivity index (χ0v) is 40.1. The van der Waals surface area contributed by atoms with Crippen molar-refractivity contribution in [3.05, 3.63) is 109 Å². The van der Waals surface area contributed by atoms with E-state index < -0.39 is 17.8 Å². The van der Waals surface area contributed by atoms with Gasteiger partial charge in [-0.15, -0.1) is 0 Å². The number of carbonyl (C=O) groups is 4. The quantitative estimate of drug-likeness (QED) is 0.0236. The van der Waals surface area contributed by atoms with Crippen LogP contribution in [0.2, 0.25) is 0 Å². The lowest BCUT2D eigenvalue weighted by Crippen LogP contribution is -2.11. The number of hydrogen-bond acceptors (Lipinski definition) is 10. The minimum absolute atomic E-state index is 0.0178. The number of ether oxygens (including phenoxy) is 6. The van der Waals surface area contributed by atoms with E-state index in [0.29, 0.717) is 43.5 Å². The average Bonchev–Trinajstić information content (AvgIpc) is 3.34. The summed E-state index contributed by atoms with van der Waals surface area (Å²) >= 11 is 0. The summed E-state index contributed by atoms with van der Waals surface area (Å²) in [5, 5.41) is 0. The molecule has 368 valence electrons. The van der Waals surface area contributed by atoms with E-state index in [2.05, 4.69) is 13.2 Å². The molecule has 11 heteroatoms. The molecule has 0 aliphatic heterocycles. The Morgan fingerprint density at radius 2 is 0.687 bits per heavy atom. The maximum atomic E-state index is 14.9. The third-order valence-electron chi connectivity index (χ3n) is 11.4. The summed E-state index contributed by atoms with van der Waals surface area (Å²) in [7, 11) is 0. The predicted octanol–water partition coefficient (Wildman–Crippen LogP) is 14.6. The predicted molar refractivity (Wildman–Crippen MR) is 263 cm³/mol. The van der Waals surface area contributed by atoms with Crippen LogP contribution in [0.5, 0.6) is 23.0 Å². The molecule has 3 aromatic rings. The molecule has 0 aliphatic carbocycles. The lowest BCUT2D eigenvalue weighted by molar-refractivity contribution is -0.138. The normalized spacial score (nSPS) is 10.8. The van der Waals surface area contributed by atoms with Crippen LogP contribution in [0.4, 0.5) is 4.39 Å². The third kappa shape index (κ3) is 27.1. The van der Waals surface area contributed by atoms with Gasteiger partial charge in [0, 0.05) is 18.2 Å². The van der Waals surface area contributed by atoms with E-state index in [1.54, 1.807) is 48.5 Å². The molecule has 0 N–H and O–H groups in total. The van der Waals surface area contributed by atoms with Crippen LogP contribution in [0.25, 0.3) is 0 Å². The topological polar surface area (TPSA) is 124 Å². The first-order chi connectivity index (χ1) is 32.8. The lowest BCUT2D eigenvalue weighted by Gasteiger charge is -2.10. The number of halogens is 1. The van der Waals surface area contributed by atoms with Crippen molar-refractivity contribution in [2.75, 3.05) is 26.4 Å². The molecule has 0 aromatic heterocycles. The van der Waals surface area contributed by atoms with Crippen molar-refractivity contribution in [1.82, 2.24) is 0 Å². The highest BCUT2D eigenvalue weighted by Crippen LogP contribution is 2.26. The first-order valence-electron chi connectivity index (χ1n) is 25.1. The highest BCUT2D eigenvalue weighted by molar-refractivity contribution is 5.92. The SMILES string of the molecule is C=CC(=O)OCCCCCCCCCCCCCCCOc1ccc(C(=O)Oc2ccc(OC(=O)c3ccc(OCCCCCCCCCCCCCCCOC(=O)C=C)cc3)c(F)c2)cc1. The first-order valence-corrected chi connectivity index (χ1v) is 25.1. The summed E-state index contributed by atoms with van der Waals surface area (Å²) < 4.78 is 47.3. The Hall–Kier alpha value is -5.45. The van der Waals surface area contributed by atoms with Crippen LogP contribution < -0.4 is 18.9 Å². The fraction of sp³-hybridized carbons (Fsp3) is 0.536. The van der Waals surface area contributed by atoms with Crippen LogP contribution in [-0.4, -0.2) is 50.3 Å². The Kier molecular flexibility index (Phi) is 30.6. The Balaban J connectivity index is 1.17. The van der Waals surface area contributed by atoms with Crippen LogP contribution in [0.3, 0.4) is 0 Å². The fourth-order valence-electron chi connectivity index (χ4n) is 7.47. The van der Waals surface area contributed by atoms with E-state index in [0.717, 1.165) is 57.4 Å². The second kappa shape index (κ2) is 36.6. The molecular formula is C56H77FO10. The van der Waals surface area contributed by atoms with Crippen molar-refractivity contribution in [2.24, 2.45) is 0 Å². The number of rotatable bonds is 40. The summed E-state index contributed by atoms with van der Waals surface area (Å²) in [6, 6.07) is 16.9. The maximum absolute atomic E-state index is 14.9. The smallest absolute Gasteiger partial charge is 0.343 e. The first kappa shape index (κ1) is 55.9. The summed E-state index contributed by atoms with van der Waals surface area (Å²) in [4.78, 5) is 47.6. The van der Waals surface area contributed by atoms with Crippen molar-refractivity contribution >= 4 is 23.9 Å². The van der Waals surface area contributed by atoms with Gasteiger partial charge in [-0.1, -0.05) is 154 Å². The van der Waals surface area contributed by atoms with Gasteiger partial charge >= 0.3 is 23.9 Å². The summed E-state index contributed by atoms with van der Waals surface area (Å²) in [5.74, 6) is -1.88. The van der Waals surface area contributed by atoms with Crippen LogP contribution >= 0.6 is 0 Å². The summed E-state index contributed by atoms with van der Waals surface area (Å²) in [5.41, 5.74) is 0.541. The van der Waals surface area contributed by atoms with Crippen LogP contribution in [0, 0.1) is 5.82 Å². The van der Waals surface area contributed by atoms with Gasteiger partial charge in [0.15, 0.2) is 11.6 Å². The molecular weight excluding hydrogens is 852 g/mol. The zero-order valence-electron chi connectivity index (χ0n) is 40.1. The van der Waals surface area contributed by atoms with Crippen molar-refractivity contribution in [3.8, 4) is 23.0 Å². The molecule has 10 nitrogen and oxygen atoms in total. The molecule has 0 fully saturated rings. The van der Waals surface area contributed by atoms with Gasteiger partial charge in [0.2, 0.25) is 0 Å². The minimum Gasteiger partial charge on any atom is -0.494 e. The Morgan fingerprint density at radius 3 is 1.01 bits per heavy atom. The molecule has 0 amide bonds. The van der Waals surface area contributed by atoms with Crippen LogP contribution in [0.15, 0.2) is 92.0 Å². The van der Waals surface area contributed by atoms with E-state index in [1.807, 2.05) is 0 Å². The lowest BCUT2D eigenvalue weighted by atomic mass is 10.0. The van der Waals surface area contributed by atoms with Gasteiger partial charge in [0.05, 0.1) is 37.6 Å². The minimum atomic E-state index is -0.839. The van der Waals surface area contributed by atoms with Crippen LogP contribution in [-0.2, 0) is 19.1 Å². The zero-order chi connectivity index (χ0) is 48.0. The molecule has 0 saturated carbocycles. The maximum Gasteiger partial charge on any atom is 0.343 e. The second-order valence-electron chi connectivity index (χ2n) is 17.1. The molecule has 3 aromatic carbocycles. The van der Waals surface area contributed by atoms with Gasteiger partial charge in [-0.3, -0.25) is 0 Å². The molecule has 0 heterocycles. The van der Waals surface area contributed by atoms with Gasteiger partial charge in [0.25, 0.3) is 0 Å². The van der Waals surface area contributed by atoms with Crippen molar-refractivity contribution in [1.29, 1.82) is 0 Å². The van der Waals surface area contributed by atoms with Crippen molar-refractivity contribution in [3.63, 3.8) is 0 Å². The Bertz CT molecular complexity index is 1840. The van der Waals surface area contributed by atoms with Crippen molar-refractivity contribution in [2.45, 2.75) is 167 Å². The molecule has 0 unspecified atom stereocenters. The highest BCUT2D eigenvalue weighted by Gasteiger charge is 2.16. The van der Waals surface area contributed by atoms with E-state index in [9.17, 15) is 23.6 Å². The number of carbonyl (C=O) groups excluding carboxylic acids is 4. The van der Waals surface area contributed by atoms with Crippen molar-refractivity contribution < 1.29 is 52.0 Å². The summed E-state index contributed by atoms with van der Waals surface area (Å²) in [6.45, 7) is 8.95. The van der Waals surface area contributed by atoms with Crippen LogP contribution in [0.1, 0.15) is 188 Å². The van der Waals surface area contributed by atoms with Gasteiger partial charge in [0.1, 0.15) is 17.2 Å². The second-order valence-corrected chi connectivity index (χ2v) is 17.1. The average molecular weight is 929 g/mol. The van der Waals surface area contributed by atoms with Gasteiger partial charge in [-0.2, -0.15) is 0 Å². The third-order valence-corrected chi connectivity index (χ3v) is 11.4. The molecule has 0 aliphatic rings.